The molecule has 2 atom stereocenters. The molecule has 2 aliphatic rings. The number of carbonyl (C=O) groups excluding carboxylic acids is 1. The number of nitrogens with one attached hydrogen (secondary N) is 2. The molecule has 0 spiro atoms. The number of fused-ring (bicyclic) bond motifs is 1. The monoisotopic (exact) mass is 402 g/mol. The summed E-state index contributed by atoms with van der Waals surface area (Å²) in [6.07, 6.45) is 2.68. The maximum Gasteiger partial charge on any atom is 0.410 e. The maximum atomic E-state index is 12.4. The molecular weight excluding hydrogens is 368 g/mol. The third-order valence-electron chi connectivity index (χ3n) is 5.24. The largest absolute Gasteiger partial charge is 0.493 e. The zero-order chi connectivity index (χ0) is 20.9. The van der Waals surface area contributed by atoms with Crippen molar-refractivity contribution in [1.82, 2.24) is 15.5 Å². The zero-order valence-corrected chi connectivity index (χ0v) is 18.0. The summed E-state index contributed by atoms with van der Waals surface area (Å²) in [6, 6.07) is 8.39. The molecule has 2 unspecified atom stereocenters. The second-order valence-corrected chi connectivity index (χ2v) is 8.73. The van der Waals surface area contributed by atoms with Crippen LogP contribution in [0.4, 0.5) is 4.79 Å². The fourth-order valence-corrected chi connectivity index (χ4v) is 3.82. The molecule has 29 heavy (non-hydrogen) atoms. The summed E-state index contributed by atoms with van der Waals surface area (Å²) in [6.45, 7) is 8.57. The number of amides is 1. The number of nitrogens with zero attached hydrogens (tertiary/aromatic N) is 2. The second-order valence-electron chi connectivity index (χ2n) is 8.73. The number of aliphatic imine (C=N–C) groups is 1. The van der Waals surface area contributed by atoms with Crippen LogP contribution in [0.15, 0.2) is 29.3 Å². The minimum Gasteiger partial charge on any atom is -0.493 e. The van der Waals surface area contributed by atoms with Crippen LogP contribution >= 0.6 is 0 Å². The topological polar surface area (TPSA) is 75.2 Å². The van der Waals surface area contributed by atoms with E-state index in [0.717, 1.165) is 50.7 Å². The lowest BCUT2D eigenvalue weighted by molar-refractivity contribution is 0.0193. The van der Waals surface area contributed by atoms with Gasteiger partial charge in [-0.05, 0) is 51.7 Å². The molecule has 7 heteroatoms. The summed E-state index contributed by atoms with van der Waals surface area (Å²) < 4.78 is 11.3. The number of para-hydroxylation sites is 1. The third kappa shape index (κ3) is 6.02. The molecule has 2 aliphatic heterocycles. The lowest BCUT2D eigenvalue weighted by atomic mass is 9.93. The summed E-state index contributed by atoms with van der Waals surface area (Å²) in [7, 11) is 1.78. The Morgan fingerprint density at radius 3 is 2.86 bits per heavy atom. The standard InChI is InChI=1S/C22H34N4O3/c1-22(2,3)29-21(27)26-12-7-8-17(15-26)25-20(23-4)24-14-16-11-13-28-19-10-6-5-9-18(16)19/h5-6,9-10,16-17H,7-8,11-15H2,1-4H3,(H2,23,24,25). The predicted octanol–water partition coefficient (Wildman–Crippen LogP) is 3.12. The fourth-order valence-electron chi connectivity index (χ4n) is 3.82. The molecule has 2 heterocycles. The van der Waals surface area contributed by atoms with Gasteiger partial charge in [0.15, 0.2) is 5.96 Å². The van der Waals surface area contributed by atoms with E-state index in [9.17, 15) is 4.79 Å². The zero-order valence-electron chi connectivity index (χ0n) is 18.0. The SMILES string of the molecule is CN=C(NCC1CCOc2ccccc21)NC1CCCN(C(=O)OC(C)(C)C)C1. The van der Waals surface area contributed by atoms with Crippen molar-refractivity contribution in [3.05, 3.63) is 29.8 Å². The number of rotatable bonds is 3. The summed E-state index contributed by atoms with van der Waals surface area (Å²) in [4.78, 5) is 18.5. The summed E-state index contributed by atoms with van der Waals surface area (Å²) in [5, 5.41) is 6.93. The van der Waals surface area contributed by atoms with E-state index in [1.54, 1.807) is 11.9 Å². The van der Waals surface area contributed by atoms with E-state index in [-0.39, 0.29) is 12.1 Å². The van der Waals surface area contributed by atoms with Gasteiger partial charge in [-0.25, -0.2) is 4.79 Å². The lowest BCUT2D eigenvalue weighted by Gasteiger charge is -2.35. The van der Waals surface area contributed by atoms with Gasteiger partial charge in [-0.15, -0.1) is 0 Å². The molecule has 1 aromatic carbocycles. The number of benzene rings is 1. The Morgan fingerprint density at radius 2 is 2.10 bits per heavy atom. The van der Waals surface area contributed by atoms with Crippen molar-refractivity contribution in [3.8, 4) is 5.75 Å². The minimum absolute atomic E-state index is 0.157. The van der Waals surface area contributed by atoms with Crippen LogP contribution in [-0.2, 0) is 4.74 Å². The highest BCUT2D eigenvalue weighted by Crippen LogP contribution is 2.32. The minimum atomic E-state index is -0.477. The molecule has 7 nitrogen and oxygen atoms in total. The van der Waals surface area contributed by atoms with Gasteiger partial charge in [-0.1, -0.05) is 18.2 Å². The molecular formula is C22H34N4O3. The number of ether oxygens (including phenoxy) is 2. The van der Waals surface area contributed by atoms with E-state index in [2.05, 4.69) is 27.8 Å². The van der Waals surface area contributed by atoms with Gasteiger partial charge in [0.1, 0.15) is 11.4 Å². The van der Waals surface area contributed by atoms with Crippen LogP contribution in [-0.4, -0.2) is 61.9 Å². The molecule has 1 amide bonds. The highest BCUT2D eigenvalue weighted by Gasteiger charge is 2.28. The number of likely N-dealkylation sites (tertiary alicyclic amines) is 1. The summed E-state index contributed by atoms with van der Waals surface area (Å²) in [5.74, 6) is 2.14. The van der Waals surface area contributed by atoms with Gasteiger partial charge in [0, 0.05) is 38.6 Å². The molecule has 0 saturated carbocycles. The molecule has 2 N–H and O–H groups in total. The molecule has 0 aliphatic carbocycles. The Labute approximate surface area is 173 Å². The predicted molar refractivity (Wildman–Crippen MR) is 115 cm³/mol. The highest BCUT2D eigenvalue weighted by molar-refractivity contribution is 5.80. The van der Waals surface area contributed by atoms with Gasteiger partial charge in [0.05, 0.1) is 6.61 Å². The van der Waals surface area contributed by atoms with E-state index in [0.29, 0.717) is 12.5 Å². The summed E-state index contributed by atoms with van der Waals surface area (Å²) in [5.41, 5.74) is 0.769. The van der Waals surface area contributed by atoms with Crippen molar-refractivity contribution in [3.63, 3.8) is 0 Å². The quantitative estimate of drug-likeness (QED) is 0.600. The molecule has 1 fully saturated rings. The van der Waals surface area contributed by atoms with Crippen LogP contribution in [0.1, 0.15) is 51.5 Å². The molecule has 160 valence electrons. The van der Waals surface area contributed by atoms with Crippen molar-refractivity contribution in [1.29, 1.82) is 0 Å². The lowest BCUT2D eigenvalue weighted by Crippen LogP contribution is -2.53. The van der Waals surface area contributed by atoms with Crippen LogP contribution < -0.4 is 15.4 Å². The van der Waals surface area contributed by atoms with Crippen LogP contribution in [0.2, 0.25) is 0 Å². The molecule has 1 saturated heterocycles. The first kappa shape index (κ1) is 21.3. The van der Waals surface area contributed by atoms with Crippen molar-refractivity contribution >= 4 is 12.1 Å². The van der Waals surface area contributed by atoms with E-state index in [1.807, 2.05) is 32.9 Å². The smallest absolute Gasteiger partial charge is 0.410 e. The van der Waals surface area contributed by atoms with Gasteiger partial charge in [-0.2, -0.15) is 0 Å². The van der Waals surface area contributed by atoms with Gasteiger partial charge >= 0.3 is 6.09 Å². The average Bonchev–Trinajstić information content (AvgIpc) is 2.70. The first-order chi connectivity index (χ1) is 13.9. The Morgan fingerprint density at radius 1 is 1.31 bits per heavy atom. The molecule has 0 radical (unpaired) electrons. The number of hydrogen-bond donors (Lipinski definition) is 2. The van der Waals surface area contributed by atoms with E-state index >= 15 is 0 Å². The normalized spacial score (nSPS) is 22.3. The van der Waals surface area contributed by atoms with E-state index < -0.39 is 5.60 Å². The summed E-state index contributed by atoms with van der Waals surface area (Å²) >= 11 is 0. The first-order valence-electron chi connectivity index (χ1n) is 10.5. The van der Waals surface area contributed by atoms with Gasteiger partial charge < -0.3 is 25.0 Å². The van der Waals surface area contributed by atoms with Crippen LogP contribution in [0, 0.1) is 0 Å². The van der Waals surface area contributed by atoms with Crippen LogP contribution in [0.5, 0.6) is 5.75 Å². The van der Waals surface area contributed by atoms with E-state index in [4.69, 9.17) is 9.47 Å². The Bertz CT molecular complexity index is 729. The van der Waals surface area contributed by atoms with Gasteiger partial charge in [-0.3, -0.25) is 4.99 Å². The number of piperidine rings is 1. The van der Waals surface area contributed by atoms with Crippen molar-refractivity contribution in [2.75, 3.05) is 33.3 Å². The fraction of sp³-hybridized carbons (Fsp3) is 0.636. The second kappa shape index (κ2) is 9.37. The highest BCUT2D eigenvalue weighted by atomic mass is 16.6. The van der Waals surface area contributed by atoms with Crippen molar-refractivity contribution < 1.29 is 14.3 Å². The molecule has 0 aromatic heterocycles. The number of guanidine groups is 1. The van der Waals surface area contributed by atoms with Crippen molar-refractivity contribution in [2.24, 2.45) is 4.99 Å². The van der Waals surface area contributed by atoms with Gasteiger partial charge in [0.25, 0.3) is 0 Å². The number of carbonyl (C=O) groups is 1. The van der Waals surface area contributed by atoms with Crippen LogP contribution in [0.3, 0.4) is 0 Å². The number of hydrogen-bond acceptors (Lipinski definition) is 4. The first-order valence-corrected chi connectivity index (χ1v) is 10.5. The Balaban J connectivity index is 1.52. The van der Waals surface area contributed by atoms with Gasteiger partial charge in [0.2, 0.25) is 0 Å². The van der Waals surface area contributed by atoms with E-state index in [1.165, 1.54) is 5.56 Å². The maximum absolute atomic E-state index is 12.4. The van der Waals surface area contributed by atoms with Crippen molar-refractivity contribution in [2.45, 2.75) is 57.6 Å². The Hall–Kier alpha value is -2.44. The molecule has 1 aromatic rings. The molecule has 3 rings (SSSR count). The third-order valence-corrected chi connectivity index (χ3v) is 5.24. The van der Waals surface area contributed by atoms with Crippen LogP contribution in [0.25, 0.3) is 0 Å². The average molecular weight is 403 g/mol. The molecule has 0 bridgehead atoms. The Kier molecular flexibility index (Phi) is 6.87.